The minimum absolute atomic E-state index is 1.25. The lowest BCUT2D eigenvalue weighted by molar-refractivity contribution is 1.36. The van der Waals surface area contributed by atoms with Crippen LogP contribution in [0.2, 0.25) is 0 Å². The molecule has 0 atom stereocenters. The zero-order valence-corrected chi connectivity index (χ0v) is 8.57. The summed E-state index contributed by atoms with van der Waals surface area (Å²) in [6.07, 6.45) is 3.79. The third-order valence-electron chi connectivity index (χ3n) is 2.93. The molecule has 0 saturated carbocycles. The molecule has 0 saturated heterocycles. The normalized spacial score (nSPS) is 11.0. The Bertz CT molecular complexity index is 587. The third-order valence-corrected chi connectivity index (χ3v) is 2.93. The average molecular weight is 193 g/mol. The first-order valence-corrected chi connectivity index (χ1v) is 5.08. The molecule has 1 aromatic heterocycles. The van der Waals surface area contributed by atoms with E-state index in [1.807, 2.05) is 12.4 Å². The molecule has 72 valence electrons. The number of hydrogen-bond donors (Lipinski definition) is 0. The Balaban J connectivity index is 2.60. The van der Waals surface area contributed by atoms with Crippen LogP contribution in [0.5, 0.6) is 0 Å². The van der Waals surface area contributed by atoms with Gasteiger partial charge >= 0.3 is 0 Å². The largest absolute Gasteiger partial charge is 0.264 e. The van der Waals surface area contributed by atoms with E-state index in [2.05, 4.69) is 48.3 Å². The summed E-state index contributed by atoms with van der Waals surface area (Å²) in [5.74, 6) is 0. The average Bonchev–Trinajstić information content (AvgIpc) is 2.30. The monoisotopic (exact) mass is 193 g/mol. The second-order valence-corrected chi connectivity index (χ2v) is 3.82. The highest BCUT2D eigenvalue weighted by Gasteiger charge is 2.02. The van der Waals surface area contributed by atoms with Crippen LogP contribution in [0.1, 0.15) is 5.56 Å². The maximum Gasteiger partial charge on any atom is 0.0349 e. The molecule has 3 aromatic rings. The van der Waals surface area contributed by atoms with Crippen LogP contribution < -0.4 is 0 Å². The quantitative estimate of drug-likeness (QED) is 0.496. The molecule has 0 N–H and O–H groups in total. The molecule has 1 heterocycles. The van der Waals surface area contributed by atoms with Gasteiger partial charge in [-0.25, -0.2) is 0 Å². The summed E-state index contributed by atoms with van der Waals surface area (Å²) in [4.78, 5) is 4.18. The molecular formula is C14H11N. The van der Waals surface area contributed by atoms with E-state index in [1.165, 1.54) is 27.1 Å². The Morgan fingerprint density at radius 2 is 1.73 bits per heavy atom. The first kappa shape index (κ1) is 8.42. The molecule has 0 unspecified atom stereocenters. The molecule has 0 aliphatic carbocycles. The Morgan fingerprint density at radius 3 is 2.67 bits per heavy atom. The fourth-order valence-corrected chi connectivity index (χ4v) is 2.12. The fourth-order valence-electron chi connectivity index (χ4n) is 2.12. The first-order chi connectivity index (χ1) is 7.36. The molecule has 0 radical (unpaired) electrons. The fraction of sp³-hybridized carbons (Fsp3) is 0.0714. The molecule has 0 aliphatic heterocycles. The number of rotatable bonds is 0. The molecule has 0 spiro atoms. The van der Waals surface area contributed by atoms with Crippen molar-refractivity contribution in [2.24, 2.45) is 0 Å². The van der Waals surface area contributed by atoms with Gasteiger partial charge in [-0.15, -0.1) is 0 Å². The van der Waals surface area contributed by atoms with E-state index in [-0.39, 0.29) is 0 Å². The van der Waals surface area contributed by atoms with Crippen LogP contribution in [0.25, 0.3) is 21.5 Å². The highest BCUT2D eigenvalue weighted by molar-refractivity contribution is 6.01. The number of pyridine rings is 1. The summed E-state index contributed by atoms with van der Waals surface area (Å²) >= 11 is 0. The van der Waals surface area contributed by atoms with Crippen LogP contribution in [-0.4, -0.2) is 4.98 Å². The van der Waals surface area contributed by atoms with Crippen LogP contribution >= 0.6 is 0 Å². The molecule has 0 bridgehead atoms. The maximum absolute atomic E-state index is 4.18. The minimum atomic E-state index is 1.25. The minimum Gasteiger partial charge on any atom is -0.264 e. The van der Waals surface area contributed by atoms with Gasteiger partial charge in [0.2, 0.25) is 0 Å². The van der Waals surface area contributed by atoms with Crippen molar-refractivity contribution in [3.8, 4) is 0 Å². The van der Waals surface area contributed by atoms with Crippen LogP contribution in [0, 0.1) is 6.92 Å². The van der Waals surface area contributed by atoms with Crippen LogP contribution in [-0.2, 0) is 0 Å². The summed E-state index contributed by atoms with van der Waals surface area (Å²) in [5, 5.41) is 5.13. The molecule has 1 heteroatoms. The lowest BCUT2D eigenvalue weighted by atomic mass is 9.99. The van der Waals surface area contributed by atoms with Gasteiger partial charge in [0, 0.05) is 17.8 Å². The number of nitrogens with zero attached hydrogens (tertiary/aromatic N) is 1. The van der Waals surface area contributed by atoms with Crippen molar-refractivity contribution in [1.29, 1.82) is 0 Å². The van der Waals surface area contributed by atoms with Gasteiger partial charge in [-0.1, -0.05) is 24.3 Å². The van der Waals surface area contributed by atoms with Crippen molar-refractivity contribution >= 4 is 21.5 Å². The lowest BCUT2D eigenvalue weighted by Crippen LogP contribution is -1.83. The smallest absolute Gasteiger partial charge is 0.0349 e. The molecule has 3 rings (SSSR count). The Labute approximate surface area is 88.4 Å². The van der Waals surface area contributed by atoms with E-state index in [1.54, 1.807) is 0 Å². The van der Waals surface area contributed by atoms with E-state index >= 15 is 0 Å². The summed E-state index contributed by atoms with van der Waals surface area (Å²) in [7, 11) is 0. The van der Waals surface area contributed by atoms with Crippen LogP contribution in [0.15, 0.2) is 48.8 Å². The second kappa shape index (κ2) is 3.06. The second-order valence-electron chi connectivity index (χ2n) is 3.82. The van der Waals surface area contributed by atoms with Crippen molar-refractivity contribution in [3.05, 3.63) is 54.4 Å². The molecule has 1 nitrogen and oxygen atoms in total. The number of hydrogen-bond acceptors (Lipinski definition) is 1. The Hall–Kier alpha value is -1.89. The van der Waals surface area contributed by atoms with E-state index in [4.69, 9.17) is 0 Å². The van der Waals surface area contributed by atoms with Gasteiger partial charge < -0.3 is 0 Å². The number of benzene rings is 2. The predicted molar refractivity (Wildman–Crippen MR) is 64.0 cm³/mol. The van der Waals surface area contributed by atoms with E-state index in [9.17, 15) is 0 Å². The van der Waals surface area contributed by atoms with Gasteiger partial charge in [0.1, 0.15) is 0 Å². The summed E-state index contributed by atoms with van der Waals surface area (Å²) < 4.78 is 0. The first-order valence-electron chi connectivity index (χ1n) is 5.08. The highest BCUT2D eigenvalue weighted by Crippen LogP contribution is 2.26. The van der Waals surface area contributed by atoms with E-state index in [0.29, 0.717) is 0 Å². The SMILES string of the molecule is Cc1c2ccccc2cc2ccncc12. The van der Waals surface area contributed by atoms with Gasteiger partial charge in [0.15, 0.2) is 0 Å². The maximum atomic E-state index is 4.18. The van der Waals surface area contributed by atoms with Gasteiger partial charge in [0.05, 0.1) is 0 Å². The van der Waals surface area contributed by atoms with Gasteiger partial charge in [0.25, 0.3) is 0 Å². The number of aromatic nitrogens is 1. The van der Waals surface area contributed by atoms with Crippen LogP contribution in [0.3, 0.4) is 0 Å². The number of fused-ring (bicyclic) bond motifs is 2. The number of aryl methyl sites for hydroxylation is 1. The molecule has 0 amide bonds. The summed E-state index contributed by atoms with van der Waals surface area (Å²) in [6.45, 7) is 2.16. The molecule has 0 aliphatic rings. The zero-order valence-electron chi connectivity index (χ0n) is 8.57. The topological polar surface area (TPSA) is 12.9 Å². The Kier molecular flexibility index (Phi) is 1.72. The van der Waals surface area contributed by atoms with E-state index < -0.39 is 0 Å². The van der Waals surface area contributed by atoms with Crippen molar-refractivity contribution in [3.63, 3.8) is 0 Å². The van der Waals surface area contributed by atoms with Gasteiger partial charge in [-0.2, -0.15) is 0 Å². The Morgan fingerprint density at radius 1 is 0.933 bits per heavy atom. The molecular weight excluding hydrogens is 182 g/mol. The molecule has 15 heavy (non-hydrogen) atoms. The van der Waals surface area contributed by atoms with Gasteiger partial charge in [-0.05, 0) is 40.8 Å². The van der Waals surface area contributed by atoms with Crippen molar-refractivity contribution in [2.75, 3.05) is 0 Å². The van der Waals surface area contributed by atoms with Crippen molar-refractivity contribution < 1.29 is 0 Å². The summed E-state index contributed by atoms with van der Waals surface area (Å²) in [6, 6.07) is 12.8. The standard InChI is InChI=1S/C14H11N/c1-10-13-5-3-2-4-11(13)8-12-6-7-15-9-14(10)12/h2-9H,1H3. The molecule has 0 fully saturated rings. The molecule has 2 aromatic carbocycles. The van der Waals surface area contributed by atoms with Crippen molar-refractivity contribution in [1.82, 2.24) is 4.98 Å². The van der Waals surface area contributed by atoms with E-state index in [0.717, 1.165) is 0 Å². The predicted octanol–water partition coefficient (Wildman–Crippen LogP) is 3.70. The van der Waals surface area contributed by atoms with Crippen LogP contribution in [0.4, 0.5) is 0 Å². The lowest BCUT2D eigenvalue weighted by Gasteiger charge is -2.06. The summed E-state index contributed by atoms with van der Waals surface area (Å²) in [5.41, 5.74) is 1.32. The zero-order chi connectivity index (χ0) is 10.3. The highest BCUT2D eigenvalue weighted by atomic mass is 14.6. The van der Waals surface area contributed by atoms with Crippen molar-refractivity contribution in [2.45, 2.75) is 6.92 Å². The van der Waals surface area contributed by atoms with Gasteiger partial charge in [-0.3, -0.25) is 4.98 Å². The third kappa shape index (κ3) is 1.20.